The summed E-state index contributed by atoms with van der Waals surface area (Å²) in [5, 5.41) is 2.96. The molecular weight excluding hydrogens is 340 g/mol. The maximum absolute atomic E-state index is 12.8. The lowest BCUT2D eigenvalue weighted by atomic mass is 10.1. The van der Waals surface area contributed by atoms with Gasteiger partial charge >= 0.3 is 0 Å². The van der Waals surface area contributed by atoms with Crippen LogP contribution < -0.4 is 10.1 Å². The van der Waals surface area contributed by atoms with Gasteiger partial charge in [-0.15, -0.1) is 0 Å². The number of likely N-dealkylation sites (tertiary alicyclic amines) is 1. The smallest absolute Gasteiger partial charge is 0.255 e. The predicted molar refractivity (Wildman–Crippen MR) is 106 cm³/mol. The average molecular weight is 366 g/mol. The zero-order valence-corrected chi connectivity index (χ0v) is 16.2. The summed E-state index contributed by atoms with van der Waals surface area (Å²) in [7, 11) is 1.62. The average Bonchev–Trinajstić information content (AvgIpc) is 3.19. The Morgan fingerprint density at radius 3 is 2.52 bits per heavy atom. The lowest BCUT2D eigenvalue weighted by Gasteiger charge is -2.19. The van der Waals surface area contributed by atoms with Gasteiger partial charge in [-0.1, -0.05) is 24.3 Å². The zero-order chi connectivity index (χ0) is 19.4. The van der Waals surface area contributed by atoms with Gasteiger partial charge in [0.25, 0.3) is 5.91 Å². The van der Waals surface area contributed by atoms with E-state index < -0.39 is 0 Å². The van der Waals surface area contributed by atoms with Gasteiger partial charge in [-0.2, -0.15) is 0 Å². The molecule has 5 heteroatoms. The van der Waals surface area contributed by atoms with E-state index in [-0.39, 0.29) is 18.2 Å². The minimum absolute atomic E-state index is 0.0106. The van der Waals surface area contributed by atoms with Gasteiger partial charge in [0, 0.05) is 13.1 Å². The maximum atomic E-state index is 12.8. The van der Waals surface area contributed by atoms with Crippen LogP contribution in [0.1, 0.15) is 39.9 Å². The van der Waals surface area contributed by atoms with Crippen LogP contribution in [0.3, 0.4) is 0 Å². The van der Waals surface area contributed by atoms with Gasteiger partial charge in [-0.05, 0) is 55.5 Å². The molecule has 0 bridgehead atoms. The Labute approximate surface area is 160 Å². The molecule has 0 radical (unpaired) electrons. The molecule has 1 aliphatic rings. The summed E-state index contributed by atoms with van der Waals surface area (Å²) in [5.41, 5.74) is 3.95. The number of nitrogens with one attached hydrogen (secondary N) is 1. The fourth-order valence-electron chi connectivity index (χ4n) is 3.45. The van der Waals surface area contributed by atoms with Crippen LogP contribution in [0, 0.1) is 13.8 Å². The van der Waals surface area contributed by atoms with E-state index in [2.05, 4.69) is 5.32 Å². The first-order valence-electron chi connectivity index (χ1n) is 9.32. The summed E-state index contributed by atoms with van der Waals surface area (Å²) in [6.45, 7) is 5.43. The third-order valence-electron chi connectivity index (χ3n) is 5.00. The first-order chi connectivity index (χ1) is 13.0. The van der Waals surface area contributed by atoms with Gasteiger partial charge < -0.3 is 15.0 Å². The van der Waals surface area contributed by atoms with Gasteiger partial charge in [0.2, 0.25) is 5.91 Å². The van der Waals surface area contributed by atoms with Crippen molar-refractivity contribution in [3.8, 4) is 5.75 Å². The molecule has 0 aliphatic carbocycles. The molecule has 2 aromatic carbocycles. The Bertz CT molecular complexity index is 855. The Morgan fingerprint density at radius 2 is 1.81 bits per heavy atom. The molecule has 142 valence electrons. The number of carbonyl (C=O) groups is 2. The third kappa shape index (κ3) is 4.30. The van der Waals surface area contributed by atoms with E-state index in [1.165, 1.54) is 0 Å². The number of hydrogen-bond donors (Lipinski definition) is 1. The number of methoxy groups -OCH3 is 1. The number of carbonyl (C=O) groups excluding carboxylic acids is 2. The highest BCUT2D eigenvalue weighted by Crippen LogP contribution is 2.25. The second-order valence-corrected chi connectivity index (χ2v) is 7.03. The molecule has 0 saturated carbocycles. The van der Waals surface area contributed by atoms with Crippen molar-refractivity contribution in [3.63, 3.8) is 0 Å². The number of para-hydroxylation sites is 1. The van der Waals surface area contributed by atoms with Crippen LogP contribution in [-0.4, -0.2) is 36.9 Å². The molecule has 2 aromatic rings. The second kappa shape index (κ2) is 8.25. The highest BCUT2D eigenvalue weighted by molar-refractivity contribution is 6.05. The molecule has 5 nitrogen and oxygen atoms in total. The van der Waals surface area contributed by atoms with Crippen LogP contribution in [0.5, 0.6) is 5.75 Å². The third-order valence-corrected chi connectivity index (χ3v) is 5.00. The van der Waals surface area contributed by atoms with Crippen molar-refractivity contribution in [2.24, 2.45) is 0 Å². The molecule has 1 N–H and O–H groups in total. The fourth-order valence-corrected chi connectivity index (χ4v) is 3.45. The van der Waals surface area contributed by atoms with Crippen LogP contribution in [0.2, 0.25) is 0 Å². The number of amides is 2. The standard InChI is InChI=1S/C22H26N2O3/c1-15-9-10-17(13-19(15)27-3)14-20(25)23-21-16(2)7-6-8-18(21)22(26)24-11-4-5-12-24/h6-10,13H,4-5,11-12,14H2,1-3H3,(H,23,25). The van der Waals surface area contributed by atoms with E-state index in [9.17, 15) is 9.59 Å². The summed E-state index contributed by atoms with van der Waals surface area (Å²) < 4.78 is 5.33. The number of hydrogen-bond acceptors (Lipinski definition) is 3. The summed E-state index contributed by atoms with van der Waals surface area (Å²) >= 11 is 0. The monoisotopic (exact) mass is 366 g/mol. The maximum Gasteiger partial charge on any atom is 0.255 e. The zero-order valence-electron chi connectivity index (χ0n) is 16.2. The van der Waals surface area contributed by atoms with Crippen molar-refractivity contribution in [3.05, 3.63) is 58.7 Å². The van der Waals surface area contributed by atoms with Crippen LogP contribution in [0.25, 0.3) is 0 Å². The van der Waals surface area contributed by atoms with E-state index >= 15 is 0 Å². The number of ether oxygens (including phenoxy) is 1. The number of rotatable bonds is 5. The van der Waals surface area contributed by atoms with Crippen molar-refractivity contribution in [1.82, 2.24) is 4.90 Å². The highest BCUT2D eigenvalue weighted by atomic mass is 16.5. The van der Waals surface area contributed by atoms with Crippen molar-refractivity contribution in [1.29, 1.82) is 0 Å². The van der Waals surface area contributed by atoms with Gasteiger partial charge in [0.15, 0.2) is 0 Å². The Kier molecular flexibility index (Phi) is 5.79. The van der Waals surface area contributed by atoms with Crippen LogP contribution in [0.4, 0.5) is 5.69 Å². The van der Waals surface area contributed by atoms with Gasteiger partial charge in [0.05, 0.1) is 24.8 Å². The van der Waals surface area contributed by atoms with Gasteiger partial charge in [-0.25, -0.2) is 0 Å². The molecule has 2 amide bonds. The van der Waals surface area contributed by atoms with E-state index in [4.69, 9.17) is 4.74 Å². The molecule has 27 heavy (non-hydrogen) atoms. The first-order valence-corrected chi connectivity index (χ1v) is 9.32. The van der Waals surface area contributed by atoms with Crippen LogP contribution in [0.15, 0.2) is 36.4 Å². The van der Waals surface area contributed by atoms with E-state index in [1.54, 1.807) is 13.2 Å². The van der Waals surface area contributed by atoms with Crippen molar-refractivity contribution in [2.45, 2.75) is 33.1 Å². The summed E-state index contributed by atoms with van der Waals surface area (Å²) in [4.78, 5) is 27.3. The highest BCUT2D eigenvalue weighted by Gasteiger charge is 2.23. The quantitative estimate of drug-likeness (QED) is 0.877. The Morgan fingerprint density at radius 1 is 1.07 bits per heavy atom. The molecule has 3 rings (SSSR count). The lowest BCUT2D eigenvalue weighted by molar-refractivity contribution is -0.115. The number of aryl methyl sites for hydroxylation is 2. The molecule has 1 saturated heterocycles. The molecular formula is C22H26N2O3. The summed E-state index contributed by atoms with van der Waals surface area (Å²) in [6.07, 6.45) is 2.30. The normalized spacial score (nSPS) is 13.5. The second-order valence-electron chi connectivity index (χ2n) is 7.03. The molecule has 1 aliphatic heterocycles. The fraction of sp³-hybridized carbons (Fsp3) is 0.364. The van der Waals surface area contributed by atoms with Crippen molar-refractivity contribution in [2.75, 3.05) is 25.5 Å². The van der Waals surface area contributed by atoms with Gasteiger partial charge in [-0.3, -0.25) is 9.59 Å². The summed E-state index contributed by atoms with van der Waals surface area (Å²) in [5.74, 6) is 0.607. The SMILES string of the molecule is COc1cc(CC(=O)Nc2c(C)cccc2C(=O)N2CCCC2)ccc1C. The molecule has 1 fully saturated rings. The predicted octanol–water partition coefficient (Wildman–Crippen LogP) is 3.73. The van der Waals surface area contributed by atoms with E-state index in [1.807, 2.05) is 49.1 Å². The number of anilines is 1. The molecule has 1 heterocycles. The number of benzene rings is 2. The molecule has 0 spiro atoms. The largest absolute Gasteiger partial charge is 0.496 e. The lowest BCUT2D eigenvalue weighted by Crippen LogP contribution is -2.29. The van der Waals surface area contributed by atoms with Crippen LogP contribution in [-0.2, 0) is 11.2 Å². The topological polar surface area (TPSA) is 58.6 Å². The van der Waals surface area contributed by atoms with Crippen molar-refractivity contribution < 1.29 is 14.3 Å². The molecule has 0 unspecified atom stereocenters. The number of nitrogens with zero attached hydrogens (tertiary/aromatic N) is 1. The van der Waals surface area contributed by atoms with Gasteiger partial charge in [0.1, 0.15) is 5.75 Å². The minimum atomic E-state index is -0.148. The Hall–Kier alpha value is -2.82. The summed E-state index contributed by atoms with van der Waals surface area (Å²) in [6, 6.07) is 11.3. The Balaban J connectivity index is 1.78. The first kappa shape index (κ1) is 19.0. The molecule has 0 atom stereocenters. The van der Waals surface area contributed by atoms with E-state index in [0.29, 0.717) is 11.3 Å². The molecule has 0 aromatic heterocycles. The minimum Gasteiger partial charge on any atom is -0.496 e. The van der Waals surface area contributed by atoms with E-state index in [0.717, 1.165) is 48.4 Å². The van der Waals surface area contributed by atoms with Crippen molar-refractivity contribution >= 4 is 17.5 Å². The van der Waals surface area contributed by atoms with Crippen LogP contribution >= 0.6 is 0 Å².